The van der Waals surface area contributed by atoms with E-state index >= 15 is 0 Å². The zero-order valence-corrected chi connectivity index (χ0v) is 22.8. The van der Waals surface area contributed by atoms with Gasteiger partial charge in [0.2, 0.25) is 0 Å². The van der Waals surface area contributed by atoms with Crippen molar-refractivity contribution < 1.29 is 9.47 Å². The van der Waals surface area contributed by atoms with Crippen LogP contribution in [0, 0.1) is 0 Å². The van der Waals surface area contributed by atoms with Crippen molar-refractivity contribution in [1.82, 2.24) is 0 Å². The third-order valence-electron chi connectivity index (χ3n) is 9.97. The van der Waals surface area contributed by atoms with Crippen LogP contribution in [0.3, 0.4) is 0 Å². The Morgan fingerprint density at radius 1 is 0.780 bits per heavy atom. The van der Waals surface area contributed by atoms with Crippen molar-refractivity contribution in [2.24, 2.45) is 5.73 Å². The summed E-state index contributed by atoms with van der Waals surface area (Å²) in [4.78, 5) is 2.53. The summed E-state index contributed by atoms with van der Waals surface area (Å²) in [6.45, 7) is 0. The van der Waals surface area contributed by atoms with Crippen LogP contribution in [-0.2, 0) is 0 Å². The standard InChI is InChI=1S/C36H33N3O2/c37-21-13-16-32-27(19-21)26-18-20(12-15-31(26)40-32)22-8-5-9-28(38)35(22)39-29-10-3-1-6-23(29)24-14-17-33-34(36(24)39)25-7-2-4-11-30(25)41-33/h1,3-6,8-18,21,23,25,27,29-30,32H,2,7,19,37-38H2. The number of benzene rings is 3. The molecule has 0 aromatic heterocycles. The molecule has 204 valence electrons. The number of rotatable bonds is 2. The Kier molecular flexibility index (Phi) is 4.95. The van der Waals surface area contributed by atoms with Crippen LogP contribution in [0.5, 0.6) is 11.5 Å². The van der Waals surface area contributed by atoms with Gasteiger partial charge in [-0.1, -0.05) is 60.7 Å². The molecule has 3 aromatic carbocycles. The summed E-state index contributed by atoms with van der Waals surface area (Å²) in [5.41, 5.74) is 22.7. The van der Waals surface area contributed by atoms with E-state index in [1.54, 1.807) is 0 Å². The van der Waals surface area contributed by atoms with Crippen molar-refractivity contribution in [2.45, 2.75) is 61.3 Å². The average Bonchev–Trinajstić information content (AvgIpc) is 3.66. The number of ether oxygens (including phenoxy) is 2. The maximum Gasteiger partial charge on any atom is 0.125 e. The Morgan fingerprint density at radius 2 is 1.63 bits per heavy atom. The molecule has 0 spiro atoms. The van der Waals surface area contributed by atoms with E-state index in [0.717, 1.165) is 53.3 Å². The van der Waals surface area contributed by atoms with E-state index in [1.807, 2.05) is 6.07 Å². The molecule has 4 N–H and O–H groups in total. The van der Waals surface area contributed by atoms with E-state index in [9.17, 15) is 0 Å². The van der Waals surface area contributed by atoms with Gasteiger partial charge in [-0.25, -0.2) is 0 Å². The van der Waals surface area contributed by atoms with Crippen LogP contribution >= 0.6 is 0 Å². The van der Waals surface area contributed by atoms with Gasteiger partial charge in [-0.3, -0.25) is 0 Å². The first-order valence-corrected chi connectivity index (χ1v) is 14.9. The first-order valence-electron chi connectivity index (χ1n) is 14.9. The number of anilines is 3. The molecule has 0 amide bonds. The normalized spacial score (nSPS) is 31.0. The topological polar surface area (TPSA) is 73.7 Å². The summed E-state index contributed by atoms with van der Waals surface area (Å²) in [5.74, 6) is 2.86. The first kappa shape index (κ1) is 23.5. The summed E-state index contributed by atoms with van der Waals surface area (Å²) in [6.07, 6.45) is 21.0. The van der Waals surface area contributed by atoms with Crippen LogP contribution in [0.25, 0.3) is 11.1 Å². The number of nitrogen functional groups attached to an aromatic ring is 1. The second kappa shape index (κ2) is 8.64. The van der Waals surface area contributed by atoms with Crippen LogP contribution in [0.15, 0.2) is 97.1 Å². The molecule has 3 heterocycles. The highest BCUT2D eigenvalue weighted by atomic mass is 16.5. The molecule has 0 radical (unpaired) electrons. The lowest BCUT2D eigenvalue weighted by molar-refractivity contribution is 0.240. The van der Waals surface area contributed by atoms with E-state index in [4.69, 9.17) is 20.9 Å². The van der Waals surface area contributed by atoms with E-state index in [-0.39, 0.29) is 36.1 Å². The molecule has 3 aliphatic heterocycles. The highest BCUT2D eigenvalue weighted by molar-refractivity contribution is 5.95. The lowest BCUT2D eigenvalue weighted by Gasteiger charge is -2.33. The van der Waals surface area contributed by atoms with Crippen LogP contribution in [0.2, 0.25) is 0 Å². The summed E-state index contributed by atoms with van der Waals surface area (Å²) >= 11 is 0. The zero-order valence-electron chi connectivity index (χ0n) is 22.8. The predicted molar refractivity (Wildman–Crippen MR) is 164 cm³/mol. The Morgan fingerprint density at radius 3 is 2.59 bits per heavy atom. The molecule has 0 saturated carbocycles. The van der Waals surface area contributed by atoms with Gasteiger partial charge in [0.05, 0.1) is 23.1 Å². The fourth-order valence-corrected chi connectivity index (χ4v) is 8.17. The van der Waals surface area contributed by atoms with Crippen LogP contribution in [-0.4, -0.2) is 24.3 Å². The van der Waals surface area contributed by atoms with E-state index in [1.165, 1.54) is 22.4 Å². The van der Waals surface area contributed by atoms with Gasteiger partial charge < -0.3 is 25.8 Å². The molecule has 6 aliphatic rings. The molecule has 9 rings (SSSR count). The number of fused-ring (bicyclic) bond motifs is 10. The smallest absolute Gasteiger partial charge is 0.125 e. The van der Waals surface area contributed by atoms with Crippen LogP contribution in [0.4, 0.5) is 17.1 Å². The molecule has 0 saturated heterocycles. The number of nitrogens with two attached hydrogens (primary N) is 2. The molecule has 5 heteroatoms. The monoisotopic (exact) mass is 539 g/mol. The van der Waals surface area contributed by atoms with Gasteiger partial charge in [-0.05, 0) is 66.8 Å². The summed E-state index contributed by atoms with van der Waals surface area (Å²) in [7, 11) is 0. The van der Waals surface area contributed by atoms with Gasteiger partial charge in [0.1, 0.15) is 23.7 Å². The Hall–Kier alpha value is -4.22. The van der Waals surface area contributed by atoms with Gasteiger partial charge in [0.25, 0.3) is 0 Å². The van der Waals surface area contributed by atoms with Gasteiger partial charge in [-0.2, -0.15) is 0 Å². The molecule has 0 bridgehead atoms. The largest absolute Gasteiger partial charge is 0.485 e. The predicted octanol–water partition coefficient (Wildman–Crippen LogP) is 6.99. The quantitative estimate of drug-likeness (QED) is 0.271. The molecular formula is C36H33N3O2. The van der Waals surface area contributed by atoms with Crippen molar-refractivity contribution in [1.29, 1.82) is 0 Å². The lowest BCUT2D eigenvalue weighted by atomic mass is 9.84. The van der Waals surface area contributed by atoms with E-state index in [2.05, 4.69) is 96.0 Å². The van der Waals surface area contributed by atoms with Crippen LogP contribution < -0.4 is 25.8 Å². The molecule has 3 aromatic rings. The van der Waals surface area contributed by atoms with Crippen molar-refractivity contribution in [3.63, 3.8) is 0 Å². The average molecular weight is 540 g/mol. The minimum absolute atomic E-state index is 0.0596. The minimum atomic E-state index is 0.0596. The van der Waals surface area contributed by atoms with E-state index in [0.29, 0.717) is 5.92 Å². The number of hydrogen-bond acceptors (Lipinski definition) is 5. The van der Waals surface area contributed by atoms with Gasteiger partial charge >= 0.3 is 0 Å². The second-order valence-corrected chi connectivity index (χ2v) is 12.2. The number of nitrogens with zero attached hydrogens (tertiary/aromatic N) is 1. The SMILES string of the molecule is Nc1cccc(-c2ccc3c(c2)C2CC(N)C=CC2O3)c1N1c2c(ccc3c2C2CCC=CC2O3)C2C=CC=CC21. The molecule has 3 aliphatic carbocycles. The Bertz CT molecular complexity index is 1720. The van der Waals surface area contributed by atoms with Crippen molar-refractivity contribution >= 4 is 17.1 Å². The lowest BCUT2D eigenvalue weighted by Crippen LogP contribution is -2.30. The summed E-state index contributed by atoms with van der Waals surface area (Å²) in [5, 5.41) is 0. The molecule has 5 nitrogen and oxygen atoms in total. The maximum absolute atomic E-state index is 6.96. The maximum atomic E-state index is 6.96. The second-order valence-electron chi connectivity index (χ2n) is 12.2. The summed E-state index contributed by atoms with van der Waals surface area (Å²) in [6, 6.07) is 17.6. The minimum Gasteiger partial charge on any atom is -0.485 e. The summed E-state index contributed by atoms with van der Waals surface area (Å²) < 4.78 is 12.8. The third kappa shape index (κ3) is 3.33. The van der Waals surface area contributed by atoms with Gasteiger partial charge in [0.15, 0.2) is 0 Å². The molecule has 0 fully saturated rings. The number of allylic oxidation sites excluding steroid dienone is 3. The Balaban J connectivity index is 1.23. The van der Waals surface area contributed by atoms with Crippen LogP contribution in [0.1, 0.15) is 53.7 Å². The van der Waals surface area contributed by atoms with Crippen molar-refractivity contribution in [3.05, 3.63) is 114 Å². The zero-order chi connectivity index (χ0) is 27.2. The highest BCUT2D eigenvalue weighted by Gasteiger charge is 2.46. The fraction of sp³-hybridized carbons (Fsp3) is 0.278. The Labute approximate surface area is 240 Å². The first-order chi connectivity index (χ1) is 20.2. The highest BCUT2D eigenvalue weighted by Crippen LogP contribution is 2.59. The van der Waals surface area contributed by atoms with E-state index < -0.39 is 0 Å². The molecule has 41 heavy (non-hydrogen) atoms. The third-order valence-corrected chi connectivity index (χ3v) is 9.97. The van der Waals surface area contributed by atoms with Crippen molar-refractivity contribution in [3.8, 4) is 22.6 Å². The fourth-order valence-electron chi connectivity index (χ4n) is 8.17. The number of hydrogen-bond donors (Lipinski definition) is 2. The molecular weight excluding hydrogens is 506 g/mol. The van der Waals surface area contributed by atoms with Crippen molar-refractivity contribution in [2.75, 3.05) is 10.6 Å². The molecule has 7 atom stereocenters. The molecule has 7 unspecified atom stereocenters. The van der Waals surface area contributed by atoms with Gasteiger partial charge in [0, 0.05) is 40.5 Å². The van der Waals surface area contributed by atoms with Gasteiger partial charge in [-0.15, -0.1) is 0 Å². The number of para-hydroxylation sites is 1.